The molecule has 0 atom stereocenters. The van der Waals surface area contributed by atoms with Crippen LogP contribution in [0.15, 0.2) is 0 Å². The summed E-state index contributed by atoms with van der Waals surface area (Å²) in [5, 5.41) is 7.99. The molecule has 1 aliphatic rings. The molecule has 1 rings (SSSR count). The lowest BCUT2D eigenvalue weighted by Gasteiger charge is -2.08. The summed E-state index contributed by atoms with van der Waals surface area (Å²) in [6, 6.07) is 0. The van der Waals surface area contributed by atoms with Crippen molar-refractivity contribution in [3.8, 4) is 0 Å². The van der Waals surface area contributed by atoms with E-state index in [2.05, 4.69) is 5.32 Å². The fraction of sp³-hybridized carbons (Fsp3) is 1.00. The SMILES string of the molecule is NS(=O)(=O)CCNCCCC1CCCC1. The van der Waals surface area contributed by atoms with E-state index in [1.807, 2.05) is 0 Å². The Balaban J connectivity index is 1.89. The minimum absolute atomic E-state index is 0.0381. The molecule has 15 heavy (non-hydrogen) atoms. The van der Waals surface area contributed by atoms with E-state index in [9.17, 15) is 8.42 Å². The van der Waals surface area contributed by atoms with Gasteiger partial charge in [0.25, 0.3) is 0 Å². The molecule has 4 nitrogen and oxygen atoms in total. The van der Waals surface area contributed by atoms with Gasteiger partial charge in [-0.05, 0) is 25.3 Å². The molecule has 0 spiro atoms. The zero-order valence-corrected chi connectivity index (χ0v) is 10.1. The topological polar surface area (TPSA) is 72.2 Å². The van der Waals surface area contributed by atoms with E-state index >= 15 is 0 Å². The molecule has 0 aromatic heterocycles. The van der Waals surface area contributed by atoms with Gasteiger partial charge in [0.15, 0.2) is 0 Å². The second kappa shape index (κ2) is 6.45. The summed E-state index contributed by atoms with van der Waals surface area (Å²) in [4.78, 5) is 0. The minimum atomic E-state index is -3.29. The van der Waals surface area contributed by atoms with Crippen LogP contribution in [0.3, 0.4) is 0 Å². The fourth-order valence-electron chi connectivity index (χ4n) is 2.15. The predicted octanol–water partition coefficient (Wildman–Crippen LogP) is 0.835. The van der Waals surface area contributed by atoms with Crippen LogP contribution >= 0.6 is 0 Å². The molecule has 5 heteroatoms. The van der Waals surface area contributed by atoms with Crippen LogP contribution in [-0.4, -0.2) is 27.3 Å². The third kappa shape index (κ3) is 6.87. The molecule has 3 N–H and O–H groups in total. The average Bonchev–Trinajstić information content (AvgIpc) is 2.61. The highest BCUT2D eigenvalue weighted by molar-refractivity contribution is 7.89. The smallest absolute Gasteiger partial charge is 0.210 e. The Hall–Kier alpha value is -0.130. The van der Waals surface area contributed by atoms with E-state index in [4.69, 9.17) is 5.14 Å². The predicted molar refractivity (Wildman–Crippen MR) is 62.0 cm³/mol. The Morgan fingerprint density at radius 3 is 2.47 bits per heavy atom. The first kappa shape index (κ1) is 12.9. The van der Waals surface area contributed by atoms with Crippen LogP contribution in [0.2, 0.25) is 0 Å². The number of nitrogens with two attached hydrogens (primary N) is 1. The summed E-state index contributed by atoms with van der Waals surface area (Å²) >= 11 is 0. The van der Waals surface area contributed by atoms with Crippen molar-refractivity contribution in [2.24, 2.45) is 11.1 Å². The summed E-state index contributed by atoms with van der Waals surface area (Å²) in [5.41, 5.74) is 0. The van der Waals surface area contributed by atoms with Gasteiger partial charge in [0.05, 0.1) is 5.75 Å². The first-order valence-corrected chi connectivity index (χ1v) is 7.50. The highest BCUT2D eigenvalue weighted by Gasteiger charge is 2.13. The van der Waals surface area contributed by atoms with Crippen molar-refractivity contribution >= 4 is 10.0 Å². The van der Waals surface area contributed by atoms with Gasteiger partial charge in [-0.15, -0.1) is 0 Å². The van der Waals surface area contributed by atoms with Crippen LogP contribution in [-0.2, 0) is 10.0 Å². The molecule has 0 heterocycles. The highest BCUT2D eigenvalue weighted by Crippen LogP contribution is 2.28. The van der Waals surface area contributed by atoms with E-state index < -0.39 is 10.0 Å². The van der Waals surface area contributed by atoms with Crippen LogP contribution in [0, 0.1) is 5.92 Å². The van der Waals surface area contributed by atoms with Crippen LogP contribution < -0.4 is 10.5 Å². The van der Waals surface area contributed by atoms with Crippen molar-refractivity contribution in [2.75, 3.05) is 18.8 Å². The number of sulfonamides is 1. The molecular weight excluding hydrogens is 212 g/mol. The van der Waals surface area contributed by atoms with Gasteiger partial charge >= 0.3 is 0 Å². The maximum atomic E-state index is 10.6. The maximum absolute atomic E-state index is 10.6. The molecule has 1 saturated carbocycles. The summed E-state index contributed by atoms with van der Waals surface area (Å²) in [5.74, 6) is 0.959. The van der Waals surface area contributed by atoms with Gasteiger partial charge < -0.3 is 5.32 Å². The molecule has 0 aromatic rings. The largest absolute Gasteiger partial charge is 0.316 e. The van der Waals surface area contributed by atoms with Crippen molar-refractivity contribution in [3.05, 3.63) is 0 Å². The van der Waals surface area contributed by atoms with Crippen molar-refractivity contribution in [1.29, 1.82) is 0 Å². The molecular formula is C10H22N2O2S. The summed E-state index contributed by atoms with van der Waals surface area (Å²) in [6.45, 7) is 1.38. The lowest BCUT2D eigenvalue weighted by Crippen LogP contribution is -2.27. The minimum Gasteiger partial charge on any atom is -0.316 e. The Labute approximate surface area is 92.7 Å². The van der Waals surface area contributed by atoms with Crippen molar-refractivity contribution in [3.63, 3.8) is 0 Å². The Kier molecular flexibility index (Phi) is 5.56. The van der Waals surface area contributed by atoms with Crippen molar-refractivity contribution in [2.45, 2.75) is 38.5 Å². The Morgan fingerprint density at radius 1 is 1.20 bits per heavy atom. The number of primary sulfonamides is 1. The second-order valence-corrected chi connectivity index (χ2v) is 6.14. The van der Waals surface area contributed by atoms with Gasteiger partial charge in [-0.1, -0.05) is 25.7 Å². The molecule has 0 aliphatic heterocycles. The molecule has 90 valence electrons. The standard InChI is InChI=1S/C10H22N2O2S/c11-15(13,14)9-8-12-7-3-6-10-4-1-2-5-10/h10,12H,1-9H2,(H2,11,13,14). The lowest BCUT2D eigenvalue weighted by molar-refractivity contribution is 0.473. The van der Waals surface area contributed by atoms with Gasteiger partial charge in [0.1, 0.15) is 0 Å². The zero-order chi connectivity index (χ0) is 11.1. The van der Waals surface area contributed by atoms with E-state index in [1.165, 1.54) is 32.1 Å². The number of hydrogen-bond acceptors (Lipinski definition) is 3. The van der Waals surface area contributed by atoms with Crippen LogP contribution in [0.1, 0.15) is 38.5 Å². The molecule has 1 fully saturated rings. The van der Waals surface area contributed by atoms with Crippen molar-refractivity contribution < 1.29 is 8.42 Å². The van der Waals surface area contributed by atoms with Crippen LogP contribution in [0.25, 0.3) is 0 Å². The van der Waals surface area contributed by atoms with Crippen molar-refractivity contribution in [1.82, 2.24) is 5.32 Å². The molecule has 0 radical (unpaired) electrons. The molecule has 0 saturated heterocycles. The molecule has 0 amide bonds. The highest BCUT2D eigenvalue weighted by atomic mass is 32.2. The summed E-state index contributed by atoms with van der Waals surface area (Å²) < 4.78 is 21.2. The summed E-state index contributed by atoms with van der Waals surface area (Å²) in [6.07, 6.45) is 7.99. The van der Waals surface area contributed by atoms with E-state index in [-0.39, 0.29) is 5.75 Å². The van der Waals surface area contributed by atoms with Gasteiger partial charge in [0, 0.05) is 6.54 Å². The van der Waals surface area contributed by atoms with Gasteiger partial charge in [-0.25, -0.2) is 13.6 Å². The number of nitrogens with one attached hydrogen (secondary N) is 1. The Bertz CT molecular complexity index is 259. The quantitative estimate of drug-likeness (QED) is 0.641. The molecule has 0 unspecified atom stereocenters. The molecule has 1 aliphatic carbocycles. The fourth-order valence-corrected chi connectivity index (χ4v) is 2.58. The Morgan fingerprint density at radius 2 is 1.87 bits per heavy atom. The monoisotopic (exact) mass is 234 g/mol. The van der Waals surface area contributed by atoms with Crippen LogP contribution in [0.4, 0.5) is 0 Å². The molecule has 0 bridgehead atoms. The average molecular weight is 234 g/mol. The zero-order valence-electron chi connectivity index (χ0n) is 9.24. The number of hydrogen-bond donors (Lipinski definition) is 2. The normalized spacial score (nSPS) is 18.5. The third-order valence-electron chi connectivity index (χ3n) is 3.00. The maximum Gasteiger partial charge on any atom is 0.210 e. The number of rotatable bonds is 7. The van der Waals surface area contributed by atoms with Gasteiger partial charge in [-0.3, -0.25) is 0 Å². The van der Waals surface area contributed by atoms with E-state index in [1.54, 1.807) is 0 Å². The lowest BCUT2D eigenvalue weighted by atomic mass is 10.0. The summed E-state index contributed by atoms with van der Waals surface area (Å²) in [7, 11) is -3.29. The molecule has 0 aromatic carbocycles. The first-order chi connectivity index (χ1) is 7.08. The van der Waals surface area contributed by atoms with Gasteiger partial charge in [-0.2, -0.15) is 0 Å². The van der Waals surface area contributed by atoms with E-state index in [0.717, 1.165) is 18.9 Å². The van der Waals surface area contributed by atoms with E-state index in [0.29, 0.717) is 6.54 Å². The first-order valence-electron chi connectivity index (χ1n) is 5.79. The van der Waals surface area contributed by atoms with Gasteiger partial charge in [0.2, 0.25) is 10.0 Å². The van der Waals surface area contributed by atoms with Crippen LogP contribution in [0.5, 0.6) is 0 Å². The second-order valence-electron chi connectivity index (χ2n) is 4.41. The third-order valence-corrected chi connectivity index (χ3v) is 3.78.